The zero-order valence-electron chi connectivity index (χ0n) is 10.00. The number of hydrogen-bond donors (Lipinski definition) is 1. The fraction of sp³-hybridized carbons (Fsp3) is 0.583. The standard InChI is InChI=1S/C12H17NO3S/c1-13(12(15)8-5-6-17-7-8)9-3-4-10(16-2)11(9)14/h5-7,9-11,14H,3-4H2,1-2H3/t9-,10-,11-/m1/s1. The van der Waals surface area contributed by atoms with Gasteiger partial charge in [0.15, 0.2) is 0 Å². The highest BCUT2D eigenvalue weighted by Crippen LogP contribution is 2.27. The quantitative estimate of drug-likeness (QED) is 0.887. The molecule has 1 aromatic heterocycles. The Kier molecular flexibility index (Phi) is 3.81. The number of ether oxygens (including phenoxy) is 1. The molecule has 0 spiro atoms. The van der Waals surface area contributed by atoms with E-state index >= 15 is 0 Å². The molecule has 1 N–H and O–H groups in total. The first-order chi connectivity index (χ1) is 8.15. The van der Waals surface area contributed by atoms with E-state index in [1.165, 1.54) is 11.3 Å². The minimum atomic E-state index is -0.590. The van der Waals surface area contributed by atoms with Gasteiger partial charge in [0.2, 0.25) is 0 Å². The highest BCUT2D eigenvalue weighted by molar-refractivity contribution is 7.08. The van der Waals surface area contributed by atoms with E-state index in [2.05, 4.69) is 0 Å². The average Bonchev–Trinajstić information content (AvgIpc) is 2.96. The van der Waals surface area contributed by atoms with Crippen LogP contribution < -0.4 is 0 Å². The van der Waals surface area contributed by atoms with Gasteiger partial charge in [-0.1, -0.05) is 0 Å². The van der Waals surface area contributed by atoms with Gasteiger partial charge in [-0.05, 0) is 24.3 Å². The van der Waals surface area contributed by atoms with Crippen molar-refractivity contribution in [2.45, 2.75) is 31.1 Å². The van der Waals surface area contributed by atoms with E-state index in [0.29, 0.717) is 5.56 Å². The third kappa shape index (κ3) is 2.36. The molecule has 4 nitrogen and oxygen atoms in total. The first-order valence-corrected chi connectivity index (χ1v) is 6.59. The summed E-state index contributed by atoms with van der Waals surface area (Å²) in [5, 5.41) is 13.8. The average molecular weight is 255 g/mol. The van der Waals surface area contributed by atoms with Crippen molar-refractivity contribution in [3.05, 3.63) is 22.4 Å². The van der Waals surface area contributed by atoms with Crippen LogP contribution in [0.3, 0.4) is 0 Å². The molecule has 1 amide bonds. The van der Waals surface area contributed by atoms with Gasteiger partial charge < -0.3 is 14.7 Å². The van der Waals surface area contributed by atoms with Gasteiger partial charge in [-0.25, -0.2) is 0 Å². The van der Waals surface area contributed by atoms with Crippen molar-refractivity contribution in [3.63, 3.8) is 0 Å². The molecular formula is C12H17NO3S. The predicted molar refractivity (Wildman–Crippen MR) is 66.2 cm³/mol. The number of aliphatic hydroxyl groups excluding tert-OH is 1. The lowest BCUT2D eigenvalue weighted by atomic mass is 10.1. The first-order valence-electron chi connectivity index (χ1n) is 5.65. The fourth-order valence-electron chi connectivity index (χ4n) is 2.34. The topological polar surface area (TPSA) is 49.8 Å². The van der Waals surface area contributed by atoms with Crippen molar-refractivity contribution < 1.29 is 14.6 Å². The summed E-state index contributed by atoms with van der Waals surface area (Å²) in [4.78, 5) is 13.7. The lowest BCUT2D eigenvalue weighted by Gasteiger charge is -2.28. The Labute approximate surface area is 105 Å². The van der Waals surface area contributed by atoms with Crippen molar-refractivity contribution in [1.29, 1.82) is 0 Å². The van der Waals surface area contributed by atoms with Gasteiger partial charge in [-0.15, -0.1) is 0 Å². The van der Waals surface area contributed by atoms with Gasteiger partial charge in [-0.3, -0.25) is 4.79 Å². The van der Waals surface area contributed by atoms with E-state index in [-0.39, 0.29) is 18.1 Å². The van der Waals surface area contributed by atoms with Gasteiger partial charge in [0.1, 0.15) is 6.10 Å². The minimum absolute atomic E-state index is 0.0351. The second kappa shape index (κ2) is 5.16. The zero-order chi connectivity index (χ0) is 12.4. The lowest BCUT2D eigenvalue weighted by molar-refractivity contribution is -0.0156. The third-order valence-electron chi connectivity index (χ3n) is 3.41. The van der Waals surface area contributed by atoms with Crippen LogP contribution in [0.4, 0.5) is 0 Å². The van der Waals surface area contributed by atoms with E-state index in [1.54, 1.807) is 25.1 Å². The van der Waals surface area contributed by atoms with E-state index < -0.39 is 6.10 Å². The summed E-state index contributed by atoms with van der Waals surface area (Å²) >= 11 is 1.50. The molecule has 1 fully saturated rings. The Hall–Kier alpha value is -0.910. The van der Waals surface area contributed by atoms with Crippen molar-refractivity contribution >= 4 is 17.2 Å². The predicted octanol–water partition coefficient (Wildman–Crippen LogP) is 1.36. The molecule has 0 aromatic carbocycles. The number of aliphatic hydroxyl groups is 1. The highest BCUT2D eigenvalue weighted by atomic mass is 32.1. The molecule has 0 saturated heterocycles. The Morgan fingerprint density at radius 1 is 1.59 bits per heavy atom. The van der Waals surface area contributed by atoms with Gasteiger partial charge in [0, 0.05) is 19.5 Å². The van der Waals surface area contributed by atoms with E-state index in [4.69, 9.17) is 4.74 Å². The molecule has 0 aliphatic heterocycles. The monoisotopic (exact) mass is 255 g/mol. The van der Waals surface area contributed by atoms with Crippen molar-refractivity contribution in [2.24, 2.45) is 0 Å². The molecule has 1 aromatic rings. The Balaban J connectivity index is 2.06. The van der Waals surface area contributed by atoms with E-state index in [1.807, 2.05) is 10.8 Å². The normalized spacial score (nSPS) is 28.3. The summed E-state index contributed by atoms with van der Waals surface area (Å²) in [6.45, 7) is 0. The Morgan fingerprint density at radius 3 is 2.88 bits per heavy atom. The summed E-state index contributed by atoms with van der Waals surface area (Å²) in [5.41, 5.74) is 0.686. The van der Waals surface area contributed by atoms with Crippen LogP contribution in [0, 0.1) is 0 Å². The summed E-state index contributed by atoms with van der Waals surface area (Å²) in [6, 6.07) is 1.66. The van der Waals surface area contributed by atoms with Gasteiger partial charge in [0.25, 0.3) is 5.91 Å². The summed E-state index contributed by atoms with van der Waals surface area (Å²) in [5.74, 6) is -0.0351. The highest BCUT2D eigenvalue weighted by Gasteiger charge is 2.38. The van der Waals surface area contributed by atoms with Crippen LogP contribution in [0.15, 0.2) is 16.8 Å². The number of thiophene rings is 1. The molecule has 0 unspecified atom stereocenters. The van der Waals surface area contributed by atoms with Crippen LogP contribution >= 0.6 is 11.3 Å². The van der Waals surface area contributed by atoms with Gasteiger partial charge in [0.05, 0.1) is 17.7 Å². The molecule has 1 aliphatic rings. The molecule has 2 rings (SSSR count). The van der Waals surface area contributed by atoms with E-state index in [0.717, 1.165) is 12.8 Å². The lowest BCUT2D eigenvalue weighted by Crippen LogP contribution is -2.44. The SMILES string of the molecule is CO[C@@H]1CC[C@@H](N(C)C(=O)c2ccsc2)[C@H]1O. The fourth-order valence-corrected chi connectivity index (χ4v) is 2.97. The number of carbonyl (C=O) groups is 1. The van der Waals surface area contributed by atoms with Gasteiger partial charge in [-0.2, -0.15) is 11.3 Å². The third-order valence-corrected chi connectivity index (χ3v) is 4.09. The number of likely N-dealkylation sites (N-methyl/N-ethyl adjacent to an activating group) is 1. The van der Waals surface area contributed by atoms with Crippen LogP contribution in [0.1, 0.15) is 23.2 Å². The minimum Gasteiger partial charge on any atom is -0.388 e. The van der Waals surface area contributed by atoms with Crippen LogP contribution in [-0.2, 0) is 4.74 Å². The zero-order valence-corrected chi connectivity index (χ0v) is 10.8. The molecule has 0 bridgehead atoms. The molecule has 1 aliphatic carbocycles. The summed E-state index contributed by atoms with van der Waals surface area (Å²) < 4.78 is 5.19. The maximum atomic E-state index is 12.1. The maximum absolute atomic E-state index is 12.1. The van der Waals surface area contributed by atoms with Gasteiger partial charge >= 0.3 is 0 Å². The molecule has 1 saturated carbocycles. The molecule has 0 radical (unpaired) electrons. The largest absolute Gasteiger partial charge is 0.388 e. The molecule has 5 heteroatoms. The van der Waals surface area contributed by atoms with Crippen molar-refractivity contribution in [2.75, 3.05) is 14.2 Å². The number of nitrogens with zero attached hydrogens (tertiary/aromatic N) is 1. The summed E-state index contributed by atoms with van der Waals surface area (Å²) in [6.07, 6.45) is 0.834. The molecule has 17 heavy (non-hydrogen) atoms. The number of carbonyl (C=O) groups excluding carboxylic acids is 1. The number of amides is 1. The second-order valence-electron chi connectivity index (χ2n) is 4.34. The first kappa shape index (κ1) is 12.5. The molecule has 1 heterocycles. The molecular weight excluding hydrogens is 238 g/mol. The number of rotatable bonds is 3. The van der Waals surface area contributed by atoms with Crippen molar-refractivity contribution in [3.8, 4) is 0 Å². The second-order valence-corrected chi connectivity index (χ2v) is 5.12. The molecule has 94 valence electrons. The van der Waals surface area contributed by atoms with Crippen LogP contribution in [0.2, 0.25) is 0 Å². The van der Waals surface area contributed by atoms with E-state index in [9.17, 15) is 9.90 Å². The maximum Gasteiger partial charge on any atom is 0.254 e. The Morgan fingerprint density at radius 2 is 2.35 bits per heavy atom. The van der Waals surface area contributed by atoms with Crippen LogP contribution in [0.5, 0.6) is 0 Å². The van der Waals surface area contributed by atoms with Crippen LogP contribution in [-0.4, -0.2) is 48.3 Å². The summed E-state index contributed by atoms with van der Waals surface area (Å²) in [7, 11) is 3.34. The number of hydrogen-bond acceptors (Lipinski definition) is 4. The molecule has 3 atom stereocenters. The smallest absolute Gasteiger partial charge is 0.254 e. The number of methoxy groups -OCH3 is 1. The Bertz CT molecular complexity index is 379. The van der Waals surface area contributed by atoms with Crippen molar-refractivity contribution in [1.82, 2.24) is 4.90 Å². The van der Waals surface area contributed by atoms with Crippen LogP contribution in [0.25, 0.3) is 0 Å².